The molecular weight excluding hydrogens is 188 g/mol. The topological polar surface area (TPSA) is 63.8 Å². The lowest BCUT2D eigenvalue weighted by molar-refractivity contribution is 0.555. The Bertz CT molecular complexity index is 330. The van der Waals surface area contributed by atoms with Gasteiger partial charge in [0.2, 0.25) is 5.95 Å². The molecule has 0 aromatic carbocycles. The second kappa shape index (κ2) is 4.04. The van der Waals surface area contributed by atoms with Crippen molar-refractivity contribution < 1.29 is 0 Å². The summed E-state index contributed by atoms with van der Waals surface area (Å²) < 4.78 is 0. The van der Waals surface area contributed by atoms with E-state index in [-0.39, 0.29) is 0 Å². The zero-order valence-electron chi connectivity index (χ0n) is 9.33. The molecule has 2 rings (SSSR count). The fraction of sp³-hybridized carbons (Fsp3) is 0.636. The Morgan fingerprint density at radius 2 is 2.20 bits per heavy atom. The summed E-state index contributed by atoms with van der Waals surface area (Å²) in [5, 5.41) is 3.44. The van der Waals surface area contributed by atoms with Crippen molar-refractivity contribution in [1.82, 2.24) is 9.97 Å². The fourth-order valence-electron chi connectivity index (χ4n) is 2.22. The van der Waals surface area contributed by atoms with Crippen LogP contribution in [0.15, 0.2) is 6.07 Å². The Kier molecular flexibility index (Phi) is 2.75. The highest BCUT2D eigenvalue weighted by atomic mass is 15.1. The second-order valence-corrected chi connectivity index (χ2v) is 4.41. The van der Waals surface area contributed by atoms with Gasteiger partial charge >= 0.3 is 0 Å². The molecule has 0 spiro atoms. The predicted octanol–water partition coefficient (Wildman–Crippen LogP) is 1.97. The maximum atomic E-state index is 5.61. The van der Waals surface area contributed by atoms with Gasteiger partial charge in [-0.2, -0.15) is 4.98 Å². The van der Waals surface area contributed by atoms with Gasteiger partial charge in [0.25, 0.3) is 0 Å². The van der Waals surface area contributed by atoms with Crippen LogP contribution in [-0.2, 0) is 0 Å². The van der Waals surface area contributed by atoms with Crippen LogP contribution in [0.1, 0.15) is 31.9 Å². The molecule has 1 heterocycles. The van der Waals surface area contributed by atoms with Crippen molar-refractivity contribution >= 4 is 11.8 Å². The van der Waals surface area contributed by atoms with Crippen LogP contribution in [0.4, 0.5) is 11.8 Å². The maximum absolute atomic E-state index is 5.61. The van der Waals surface area contributed by atoms with Gasteiger partial charge in [-0.05, 0) is 25.7 Å². The van der Waals surface area contributed by atoms with E-state index in [1.807, 2.05) is 13.0 Å². The molecule has 2 atom stereocenters. The quantitative estimate of drug-likeness (QED) is 0.776. The monoisotopic (exact) mass is 206 g/mol. The lowest BCUT2D eigenvalue weighted by Crippen LogP contribution is -2.22. The lowest BCUT2D eigenvalue weighted by atomic mass is 10.1. The fourth-order valence-corrected chi connectivity index (χ4v) is 2.22. The van der Waals surface area contributed by atoms with Gasteiger partial charge in [-0.1, -0.05) is 13.3 Å². The third-order valence-corrected chi connectivity index (χ3v) is 3.07. The molecular formula is C11H18N4. The van der Waals surface area contributed by atoms with Crippen LogP contribution in [0.2, 0.25) is 0 Å². The molecule has 0 saturated heterocycles. The molecule has 1 aliphatic carbocycles. The predicted molar refractivity (Wildman–Crippen MR) is 61.6 cm³/mol. The van der Waals surface area contributed by atoms with Crippen molar-refractivity contribution in [3.63, 3.8) is 0 Å². The second-order valence-electron chi connectivity index (χ2n) is 4.41. The molecule has 4 heteroatoms. The molecule has 3 N–H and O–H groups in total. The maximum Gasteiger partial charge on any atom is 0.222 e. The van der Waals surface area contributed by atoms with Crippen LogP contribution in [0.5, 0.6) is 0 Å². The number of nitrogens with one attached hydrogen (secondary N) is 1. The Hall–Kier alpha value is -1.32. The SMILES string of the molecule is Cc1cc(NC2CCCC2C)nc(N)n1. The van der Waals surface area contributed by atoms with Crippen LogP contribution in [0.3, 0.4) is 0 Å². The van der Waals surface area contributed by atoms with Gasteiger partial charge in [-0.3, -0.25) is 0 Å². The first-order valence-corrected chi connectivity index (χ1v) is 5.53. The normalized spacial score (nSPS) is 25.5. The van der Waals surface area contributed by atoms with E-state index in [9.17, 15) is 0 Å². The average Bonchev–Trinajstić information content (AvgIpc) is 2.50. The summed E-state index contributed by atoms with van der Waals surface area (Å²) >= 11 is 0. The van der Waals surface area contributed by atoms with Gasteiger partial charge in [0, 0.05) is 17.8 Å². The standard InChI is InChI=1S/C11H18N4/c1-7-4-3-5-9(7)14-10-6-8(2)13-11(12)15-10/h6-7,9H,3-5H2,1-2H3,(H3,12,13,14,15). The summed E-state index contributed by atoms with van der Waals surface area (Å²) in [6.07, 6.45) is 3.83. The third kappa shape index (κ3) is 2.37. The Labute approximate surface area is 90.3 Å². The molecule has 1 fully saturated rings. The summed E-state index contributed by atoms with van der Waals surface area (Å²) in [4.78, 5) is 8.24. The van der Waals surface area contributed by atoms with E-state index in [1.54, 1.807) is 0 Å². The molecule has 1 aliphatic rings. The highest BCUT2D eigenvalue weighted by Gasteiger charge is 2.23. The number of rotatable bonds is 2. The molecule has 1 saturated carbocycles. The van der Waals surface area contributed by atoms with Crippen molar-refractivity contribution in [3.05, 3.63) is 11.8 Å². The summed E-state index contributed by atoms with van der Waals surface area (Å²) in [5.41, 5.74) is 6.52. The van der Waals surface area contributed by atoms with E-state index in [2.05, 4.69) is 22.2 Å². The molecule has 2 unspecified atom stereocenters. The Morgan fingerprint density at radius 1 is 1.40 bits per heavy atom. The van der Waals surface area contributed by atoms with Crippen LogP contribution in [0, 0.1) is 12.8 Å². The van der Waals surface area contributed by atoms with Crippen LogP contribution >= 0.6 is 0 Å². The number of nitrogens with two attached hydrogens (primary N) is 1. The highest BCUT2D eigenvalue weighted by Crippen LogP contribution is 2.27. The minimum Gasteiger partial charge on any atom is -0.368 e. The minimum absolute atomic E-state index is 0.350. The van der Waals surface area contributed by atoms with E-state index in [4.69, 9.17) is 5.73 Å². The lowest BCUT2D eigenvalue weighted by Gasteiger charge is -2.18. The molecule has 0 amide bonds. The average molecular weight is 206 g/mol. The van der Waals surface area contributed by atoms with E-state index in [1.165, 1.54) is 19.3 Å². The largest absolute Gasteiger partial charge is 0.368 e. The van der Waals surface area contributed by atoms with Crippen LogP contribution < -0.4 is 11.1 Å². The Balaban J connectivity index is 2.10. The molecule has 0 radical (unpaired) electrons. The summed E-state index contributed by atoms with van der Waals surface area (Å²) in [6, 6.07) is 2.49. The van der Waals surface area contributed by atoms with E-state index >= 15 is 0 Å². The van der Waals surface area contributed by atoms with Gasteiger partial charge < -0.3 is 11.1 Å². The summed E-state index contributed by atoms with van der Waals surface area (Å²) in [7, 11) is 0. The molecule has 1 aromatic rings. The number of hydrogen-bond donors (Lipinski definition) is 2. The number of nitrogen functional groups attached to an aromatic ring is 1. The Morgan fingerprint density at radius 3 is 2.80 bits per heavy atom. The number of aryl methyl sites for hydroxylation is 1. The van der Waals surface area contributed by atoms with E-state index in [0.717, 1.165) is 17.4 Å². The van der Waals surface area contributed by atoms with Crippen molar-refractivity contribution in [2.45, 2.75) is 39.2 Å². The summed E-state index contributed by atoms with van der Waals surface area (Å²) in [5.74, 6) is 1.93. The van der Waals surface area contributed by atoms with Gasteiger partial charge in [0.15, 0.2) is 0 Å². The van der Waals surface area contributed by atoms with Crippen molar-refractivity contribution in [2.75, 3.05) is 11.1 Å². The number of hydrogen-bond acceptors (Lipinski definition) is 4. The van der Waals surface area contributed by atoms with Gasteiger partial charge in [-0.25, -0.2) is 4.98 Å². The first kappa shape index (κ1) is 10.2. The van der Waals surface area contributed by atoms with Crippen molar-refractivity contribution in [2.24, 2.45) is 5.92 Å². The number of anilines is 2. The van der Waals surface area contributed by atoms with Crippen LogP contribution in [0.25, 0.3) is 0 Å². The van der Waals surface area contributed by atoms with Crippen molar-refractivity contribution in [1.29, 1.82) is 0 Å². The summed E-state index contributed by atoms with van der Waals surface area (Å²) in [6.45, 7) is 4.21. The van der Waals surface area contributed by atoms with Crippen LogP contribution in [-0.4, -0.2) is 16.0 Å². The van der Waals surface area contributed by atoms with Gasteiger partial charge in [0.1, 0.15) is 5.82 Å². The minimum atomic E-state index is 0.350. The molecule has 1 aromatic heterocycles. The molecule has 15 heavy (non-hydrogen) atoms. The molecule has 0 bridgehead atoms. The molecule has 82 valence electrons. The van der Waals surface area contributed by atoms with E-state index in [0.29, 0.717) is 12.0 Å². The van der Waals surface area contributed by atoms with Gasteiger partial charge in [-0.15, -0.1) is 0 Å². The third-order valence-electron chi connectivity index (χ3n) is 3.07. The smallest absolute Gasteiger partial charge is 0.222 e. The number of aromatic nitrogens is 2. The van der Waals surface area contributed by atoms with Gasteiger partial charge in [0.05, 0.1) is 0 Å². The molecule has 0 aliphatic heterocycles. The first-order valence-electron chi connectivity index (χ1n) is 5.53. The highest BCUT2D eigenvalue weighted by molar-refractivity contribution is 5.41. The zero-order valence-corrected chi connectivity index (χ0v) is 9.33. The zero-order chi connectivity index (χ0) is 10.8. The number of nitrogens with zero attached hydrogens (tertiary/aromatic N) is 2. The van der Waals surface area contributed by atoms with E-state index < -0.39 is 0 Å². The first-order chi connectivity index (χ1) is 7.15. The molecule has 4 nitrogen and oxygen atoms in total. The van der Waals surface area contributed by atoms with Crippen molar-refractivity contribution in [3.8, 4) is 0 Å².